The van der Waals surface area contributed by atoms with E-state index in [-0.39, 0.29) is 41.6 Å². The molecule has 5 nitrogen and oxygen atoms in total. The van der Waals surface area contributed by atoms with E-state index in [9.17, 15) is 18.3 Å². The number of sulfone groups is 1. The molecule has 1 aliphatic rings. The molecule has 0 radical (unpaired) electrons. The van der Waals surface area contributed by atoms with Crippen molar-refractivity contribution in [1.29, 1.82) is 0 Å². The molecule has 0 amide bonds. The summed E-state index contributed by atoms with van der Waals surface area (Å²) >= 11 is 12.0. The molecule has 0 aliphatic heterocycles. The van der Waals surface area contributed by atoms with Gasteiger partial charge in [-0.1, -0.05) is 47.5 Å². The number of carboxylic acid groups (broad SMARTS) is 1. The second-order valence-corrected chi connectivity index (χ2v) is 10.7. The summed E-state index contributed by atoms with van der Waals surface area (Å²) in [6, 6.07) is 13.2. The molecule has 2 aromatic carbocycles. The molecule has 1 fully saturated rings. The van der Waals surface area contributed by atoms with E-state index in [1.54, 1.807) is 50.2 Å². The molecule has 9 heteroatoms. The molecule has 1 aliphatic carbocycles. The molecule has 30 heavy (non-hydrogen) atoms. The smallest absolute Gasteiger partial charge is 0.550 e. The number of hydrogen-bond acceptors (Lipinski definition) is 5. The number of benzene rings is 2. The summed E-state index contributed by atoms with van der Waals surface area (Å²) in [6.07, 6.45) is -0.853. The average Bonchev–Trinajstić information content (AvgIpc) is 3.06. The van der Waals surface area contributed by atoms with Crippen LogP contribution in [-0.4, -0.2) is 25.7 Å². The van der Waals surface area contributed by atoms with Crippen LogP contribution in [0.1, 0.15) is 32.3 Å². The number of ether oxygens (including phenoxy) is 1. The van der Waals surface area contributed by atoms with E-state index in [0.717, 1.165) is 5.56 Å². The second-order valence-electron chi connectivity index (χ2n) is 7.67. The predicted molar refractivity (Wildman–Crippen MR) is 110 cm³/mol. The molecule has 3 rings (SSSR count). The van der Waals surface area contributed by atoms with Gasteiger partial charge in [-0.15, -0.1) is 0 Å². The summed E-state index contributed by atoms with van der Waals surface area (Å²) in [4.78, 5) is 11.7. The van der Waals surface area contributed by atoms with Gasteiger partial charge in [-0.05, 0) is 56.5 Å². The van der Waals surface area contributed by atoms with E-state index < -0.39 is 38.7 Å². The van der Waals surface area contributed by atoms with Gasteiger partial charge in [-0.3, -0.25) is 0 Å². The minimum absolute atomic E-state index is 0. The number of carbonyl (C=O) groups excluding carboxylic acids is 1. The Hall–Kier alpha value is -1.00. The zero-order valence-corrected chi connectivity index (χ0v) is 19.3. The minimum atomic E-state index is -3.82. The van der Waals surface area contributed by atoms with Crippen LogP contribution in [0, 0.1) is 5.92 Å². The molecule has 1 saturated carbocycles. The SMILES string of the molecule is CC(C)(O[C@H]1C[C@@H](S(=O)(=O)c2ccccc2Cl)C[C@@H]1C(=O)[O-])c1ccc(Cl)cc1.[Li+]. The first-order valence-corrected chi connectivity index (χ1v) is 11.5. The first-order valence-electron chi connectivity index (χ1n) is 9.15. The van der Waals surface area contributed by atoms with Gasteiger partial charge in [0.2, 0.25) is 0 Å². The Kier molecular flexibility index (Phi) is 8.12. The fourth-order valence-corrected chi connectivity index (χ4v) is 6.19. The van der Waals surface area contributed by atoms with Crippen molar-refractivity contribution in [3.8, 4) is 0 Å². The van der Waals surface area contributed by atoms with Crippen molar-refractivity contribution in [2.24, 2.45) is 5.92 Å². The molecule has 0 N–H and O–H groups in total. The van der Waals surface area contributed by atoms with E-state index in [2.05, 4.69) is 0 Å². The maximum atomic E-state index is 13.1. The van der Waals surface area contributed by atoms with Crippen molar-refractivity contribution in [2.45, 2.75) is 48.5 Å². The molecule has 3 atom stereocenters. The van der Waals surface area contributed by atoms with Crippen molar-refractivity contribution in [1.82, 2.24) is 0 Å². The zero-order valence-electron chi connectivity index (χ0n) is 17.0. The molecular formula is C21H21Cl2LiO5S. The van der Waals surface area contributed by atoms with Crippen molar-refractivity contribution >= 4 is 39.0 Å². The van der Waals surface area contributed by atoms with E-state index in [1.165, 1.54) is 12.1 Å². The Balaban J connectivity index is 0.00000320. The molecule has 2 aromatic rings. The Morgan fingerprint density at radius 2 is 1.67 bits per heavy atom. The number of halogens is 2. The Morgan fingerprint density at radius 3 is 2.23 bits per heavy atom. The average molecular weight is 463 g/mol. The van der Waals surface area contributed by atoms with Crippen molar-refractivity contribution < 1.29 is 41.9 Å². The zero-order chi connectivity index (χ0) is 21.4. The van der Waals surface area contributed by atoms with Gasteiger partial charge in [0, 0.05) is 16.9 Å². The second kappa shape index (κ2) is 9.64. The molecule has 0 aromatic heterocycles. The van der Waals surface area contributed by atoms with Gasteiger partial charge in [-0.25, -0.2) is 8.42 Å². The van der Waals surface area contributed by atoms with Crippen molar-refractivity contribution in [3.05, 3.63) is 64.1 Å². The summed E-state index contributed by atoms with van der Waals surface area (Å²) in [6.45, 7) is 3.61. The summed E-state index contributed by atoms with van der Waals surface area (Å²) in [5.41, 5.74) is -0.0390. The van der Waals surface area contributed by atoms with E-state index in [4.69, 9.17) is 27.9 Å². The van der Waals surface area contributed by atoms with Gasteiger partial charge < -0.3 is 14.6 Å². The number of hydrogen-bond donors (Lipinski definition) is 0. The molecular weight excluding hydrogens is 442 g/mol. The Labute approximate surface area is 198 Å². The van der Waals surface area contributed by atoms with Gasteiger partial charge >= 0.3 is 18.9 Å². The van der Waals surface area contributed by atoms with Crippen molar-refractivity contribution in [3.63, 3.8) is 0 Å². The van der Waals surface area contributed by atoms with Crippen LogP contribution in [0.3, 0.4) is 0 Å². The third-order valence-corrected chi connectivity index (χ3v) is 8.26. The quantitative estimate of drug-likeness (QED) is 0.587. The molecule has 0 heterocycles. The number of carboxylic acids is 1. The topological polar surface area (TPSA) is 83.5 Å². The Morgan fingerprint density at radius 1 is 1.07 bits per heavy atom. The Bertz CT molecular complexity index is 1010. The fourth-order valence-electron chi connectivity index (χ4n) is 3.74. The summed E-state index contributed by atoms with van der Waals surface area (Å²) in [7, 11) is -3.82. The van der Waals surface area contributed by atoms with Gasteiger partial charge in [0.15, 0.2) is 9.84 Å². The first kappa shape index (κ1) is 25.3. The normalized spacial score (nSPS) is 21.8. The van der Waals surface area contributed by atoms with Crippen LogP contribution in [0.5, 0.6) is 0 Å². The fraction of sp³-hybridized carbons (Fsp3) is 0.381. The van der Waals surface area contributed by atoms with Crippen LogP contribution in [-0.2, 0) is 25.0 Å². The van der Waals surface area contributed by atoms with Crippen LogP contribution in [0.4, 0.5) is 0 Å². The van der Waals surface area contributed by atoms with Crippen LogP contribution in [0.25, 0.3) is 0 Å². The van der Waals surface area contributed by atoms with Crippen molar-refractivity contribution in [2.75, 3.05) is 0 Å². The van der Waals surface area contributed by atoms with E-state index >= 15 is 0 Å². The van der Waals surface area contributed by atoms with Gasteiger partial charge in [0.25, 0.3) is 0 Å². The van der Waals surface area contributed by atoms with Crippen LogP contribution in [0.15, 0.2) is 53.4 Å². The minimum Gasteiger partial charge on any atom is -0.550 e. The number of rotatable bonds is 6. The molecule has 0 spiro atoms. The third-order valence-electron chi connectivity index (χ3n) is 5.33. The van der Waals surface area contributed by atoms with E-state index in [1.807, 2.05) is 0 Å². The number of aliphatic carboxylic acids is 1. The molecule has 0 saturated heterocycles. The van der Waals surface area contributed by atoms with E-state index in [0.29, 0.717) is 5.02 Å². The standard InChI is InChI=1S/C21H22Cl2O5S.Li/c1-21(2,13-7-9-14(22)10-8-13)28-18-12-15(11-16(18)20(24)25)29(26,27)19-6-4-3-5-17(19)23;/h3-10,15-16,18H,11-12H2,1-2H3,(H,24,25);/q;+1/p-1/t15-,16-,18-;/m0./s1. The first-order chi connectivity index (χ1) is 13.5. The largest absolute Gasteiger partial charge is 1.00 e. The monoisotopic (exact) mass is 462 g/mol. The maximum absolute atomic E-state index is 13.1. The maximum Gasteiger partial charge on any atom is 1.00 e. The number of carbonyl (C=O) groups is 1. The van der Waals surface area contributed by atoms with Gasteiger partial charge in [-0.2, -0.15) is 0 Å². The summed E-state index contributed by atoms with van der Waals surface area (Å²) in [5, 5.41) is 11.5. The predicted octanol–water partition coefficient (Wildman–Crippen LogP) is 0.620. The molecule has 156 valence electrons. The van der Waals surface area contributed by atoms with Gasteiger partial charge in [0.05, 0.1) is 26.9 Å². The van der Waals surface area contributed by atoms with Crippen LogP contribution in [0.2, 0.25) is 10.0 Å². The van der Waals surface area contributed by atoms with Crippen LogP contribution >= 0.6 is 23.2 Å². The summed E-state index contributed by atoms with van der Waals surface area (Å²) < 4.78 is 32.3. The summed E-state index contributed by atoms with van der Waals surface area (Å²) in [5.74, 6) is -2.36. The molecule has 0 bridgehead atoms. The third kappa shape index (κ3) is 5.24. The van der Waals surface area contributed by atoms with Crippen LogP contribution < -0.4 is 24.0 Å². The molecule has 0 unspecified atom stereocenters. The van der Waals surface area contributed by atoms with Gasteiger partial charge in [0.1, 0.15) is 0 Å².